The summed E-state index contributed by atoms with van der Waals surface area (Å²) in [5, 5.41) is 14.4. The second kappa shape index (κ2) is 7.81. The number of sulfonamides is 1. The van der Waals surface area contributed by atoms with Crippen molar-refractivity contribution in [3.8, 4) is 5.75 Å². The molecule has 3 N–H and O–H groups in total. The van der Waals surface area contributed by atoms with Gasteiger partial charge in [0.15, 0.2) is 0 Å². The number of halogens is 1. The third-order valence-corrected chi connectivity index (χ3v) is 5.83. The van der Waals surface area contributed by atoms with Crippen LogP contribution in [0.3, 0.4) is 0 Å². The molecule has 0 amide bonds. The molecule has 1 aliphatic rings. The van der Waals surface area contributed by atoms with E-state index in [0.717, 1.165) is 0 Å². The molecule has 1 aromatic rings. The third-order valence-electron chi connectivity index (χ3n) is 4.23. The molecule has 0 saturated carbocycles. The Bertz CT molecular complexity index is 638. The van der Waals surface area contributed by atoms with E-state index in [0.29, 0.717) is 37.4 Å². The lowest BCUT2D eigenvalue weighted by Crippen LogP contribution is -2.47. The molecule has 2 unspecified atom stereocenters. The van der Waals surface area contributed by atoms with Gasteiger partial charge < -0.3 is 15.2 Å². The predicted octanol–water partition coefficient (Wildman–Crippen LogP) is 1.23. The van der Waals surface area contributed by atoms with Crippen LogP contribution in [0.5, 0.6) is 5.75 Å². The van der Waals surface area contributed by atoms with Crippen LogP contribution in [0.1, 0.15) is 25.8 Å². The molecule has 1 heterocycles. The number of rotatable bonds is 5. The summed E-state index contributed by atoms with van der Waals surface area (Å²) in [5.41, 5.74) is -0.792. The number of benzene rings is 1. The van der Waals surface area contributed by atoms with E-state index in [1.807, 2.05) is 6.92 Å². The summed E-state index contributed by atoms with van der Waals surface area (Å²) >= 11 is 0. The van der Waals surface area contributed by atoms with Crippen LogP contribution in [0.15, 0.2) is 23.1 Å². The van der Waals surface area contributed by atoms with E-state index >= 15 is 0 Å². The van der Waals surface area contributed by atoms with Crippen molar-refractivity contribution in [1.82, 2.24) is 10.0 Å². The fourth-order valence-electron chi connectivity index (χ4n) is 2.89. The second-order valence-corrected chi connectivity index (χ2v) is 7.38. The van der Waals surface area contributed by atoms with Gasteiger partial charge in [0.2, 0.25) is 10.0 Å². The van der Waals surface area contributed by atoms with Gasteiger partial charge in [0.05, 0.1) is 17.6 Å². The number of aliphatic hydroxyl groups is 1. The van der Waals surface area contributed by atoms with Crippen molar-refractivity contribution in [3.63, 3.8) is 0 Å². The van der Waals surface area contributed by atoms with Gasteiger partial charge in [-0.25, -0.2) is 13.1 Å². The molecular formula is C15H25ClN2O4S. The minimum Gasteiger partial charge on any atom is -0.497 e. The van der Waals surface area contributed by atoms with E-state index in [1.165, 1.54) is 13.2 Å². The maximum absolute atomic E-state index is 12.5. The van der Waals surface area contributed by atoms with E-state index in [4.69, 9.17) is 4.74 Å². The van der Waals surface area contributed by atoms with Crippen molar-refractivity contribution in [2.75, 3.05) is 26.7 Å². The first-order valence-corrected chi connectivity index (χ1v) is 8.94. The van der Waals surface area contributed by atoms with Gasteiger partial charge in [0.25, 0.3) is 0 Å². The van der Waals surface area contributed by atoms with Crippen LogP contribution in [-0.2, 0) is 15.6 Å². The minimum absolute atomic E-state index is 0. The zero-order chi connectivity index (χ0) is 16.4. The molecule has 0 aliphatic carbocycles. The minimum atomic E-state index is -3.66. The van der Waals surface area contributed by atoms with E-state index in [-0.39, 0.29) is 23.2 Å². The standard InChI is InChI=1S/C15H24N2O4S.ClH/c1-4-17-22(19,20)14-6-5-12(21-3)9-13(14)15(18)7-8-16-10-11(15)2;/h5-6,9,11,16-18H,4,7-8,10H2,1-3H3;1H. The van der Waals surface area contributed by atoms with Gasteiger partial charge in [-0.15, -0.1) is 12.4 Å². The number of piperidine rings is 1. The lowest BCUT2D eigenvalue weighted by atomic mass is 9.77. The summed E-state index contributed by atoms with van der Waals surface area (Å²) in [4.78, 5) is 0.117. The summed E-state index contributed by atoms with van der Waals surface area (Å²) in [6.45, 7) is 5.20. The highest BCUT2D eigenvalue weighted by Crippen LogP contribution is 2.39. The Morgan fingerprint density at radius 2 is 2.17 bits per heavy atom. The normalized spacial score (nSPS) is 24.8. The van der Waals surface area contributed by atoms with Gasteiger partial charge in [-0.2, -0.15) is 0 Å². The van der Waals surface area contributed by atoms with Gasteiger partial charge in [0, 0.05) is 24.6 Å². The van der Waals surface area contributed by atoms with Gasteiger partial charge in [-0.3, -0.25) is 0 Å². The van der Waals surface area contributed by atoms with E-state index < -0.39 is 15.6 Å². The Hall–Kier alpha value is -0.860. The molecule has 1 fully saturated rings. The number of methoxy groups -OCH3 is 1. The molecule has 1 aromatic carbocycles. The summed E-state index contributed by atoms with van der Waals surface area (Å²) < 4.78 is 32.6. The van der Waals surface area contributed by atoms with Crippen molar-refractivity contribution in [1.29, 1.82) is 0 Å². The number of ether oxygens (including phenoxy) is 1. The Morgan fingerprint density at radius 3 is 2.74 bits per heavy atom. The van der Waals surface area contributed by atoms with E-state index in [1.54, 1.807) is 19.1 Å². The highest BCUT2D eigenvalue weighted by molar-refractivity contribution is 7.89. The van der Waals surface area contributed by atoms with Crippen LogP contribution in [-0.4, -0.2) is 40.3 Å². The molecule has 132 valence electrons. The van der Waals surface area contributed by atoms with Gasteiger partial charge in [-0.1, -0.05) is 13.8 Å². The monoisotopic (exact) mass is 364 g/mol. The Balaban J connectivity index is 0.00000264. The molecule has 23 heavy (non-hydrogen) atoms. The molecule has 0 aromatic heterocycles. The van der Waals surface area contributed by atoms with Gasteiger partial charge >= 0.3 is 0 Å². The Morgan fingerprint density at radius 1 is 1.48 bits per heavy atom. The van der Waals surface area contributed by atoms with Crippen molar-refractivity contribution >= 4 is 22.4 Å². The molecule has 6 nitrogen and oxygen atoms in total. The summed E-state index contributed by atoms with van der Waals surface area (Å²) in [6.07, 6.45) is 0.454. The van der Waals surface area contributed by atoms with Crippen LogP contribution in [0.25, 0.3) is 0 Å². The fraction of sp³-hybridized carbons (Fsp3) is 0.600. The molecule has 2 atom stereocenters. The summed E-state index contributed by atoms with van der Waals surface area (Å²) in [5.74, 6) is 0.425. The number of hydrogen-bond donors (Lipinski definition) is 3. The first-order valence-electron chi connectivity index (χ1n) is 7.46. The highest BCUT2D eigenvalue weighted by Gasteiger charge is 2.41. The molecule has 0 radical (unpaired) electrons. The first-order chi connectivity index (χ1) is 10.3. The van der Waals surface area contributed by atoms with Crippen molar-refractivity contribution in [3.05, 3.63) is 23.8 Å². The van der Waals surface area contributed by atoms with Crippen LogP contribution in [0.4, 0.5) is 0 Å². The topological polar surface area (TPSA) is 87.7 Å². The van der Waals surface area contributed by atoms with E-state index in [2.05, 4.69) is 10.0 Å². The third kappa shape index (κ3) is 3.97. The number of hydrogen-bond acceptors (Lipinski definition) is 5. The molecule has 8 heteroatoms. The van der Waals surface area contributed by atoms with Gasteiger partial charge in [0.1, 0.15) is 5.75 Å². The second-order valence-electron chi connectivity index (χ2n) is 5.64. The Kier molecular flexibility index (Phi) is 6.85. The van der Waals surface area contributed by atoms with Crippen molar-refractivity contribution in [2.45, 2.75) is 30.8 Å². The Labute approximate surface area is 144 Å². The molecule has 0 spiro atoms. The quantitative estimate of drug-likeness (QED) is 0.731. The first kappa shape index (κ1) is 20.2. The molecule has 2 rings (SSSR count). The summed E-state index contributed by atoms with van der Waals surface area (Å²) in [6, 6.07) is 4.73. The smallest absolute Gasteiger partial charge is 0.240 e. The SMILES string of the molecule is CCNS(=O)(=O)c1ccc(OC)cc1C1(O)CCNCC1C.Cl. The zero-order valence-corrected chi connectivity index (χ0v) is 15.3. The van der Waals surface area contributed by atoms with Crippen LogP contribution in [0, 0.1) is 5.92 Å². The summed E-state index contributed by atoms with van der Waals surface area (Å²) in [7, 11) is -2.14. The average molecular weight is 365 g/mol. The van der Waals surface area contributed by atoms with Crippen LogP contribution >= 0.6 is 12.4 Å². The fourth-order valence-corrected chi connectivity index (χ4v) is 4.20. The molecule has 1 aliphatic heterocycles. The maximum atomic E-state index is 12.5. The lowest BCUT2D eigenvalue weighted by Gasteiger charge is -2.40. The van der Waals surface area contributed by atoms with Crippen LogP contribution < -0.4 is 14.8 Å². The average Bonchev–Trinajstić information content (AvgIpc) is 2.49. The molecular weight excluding hydrogens is 340 g/mol. The van der Waals surface area contributed by atoms with E-state index in [9.17, 15) is 13.5 Å². The largest absolute Gasteiger partial charge is 0.497 e. The van der Waals surface area contributed by atoms with Crippen molar-refractivity contribution in [2.24, 2.45) is 5.92 Å². The maximum Gasteiger partial charge on any atom is 0.240 e. The lowest BCUT2D eigenvalue weighted by molar-refractivity contribution is -0.0417. The molecule has 1 saturated heterocycles. The predicted molar refractivity (Wildman–Crippen MR) is 91.7 cm³/mol. The van der Waals surface area contributed by atoms with Crippen LogP contribution in [0.2, 0.25) is 0 Å². The zero-order valence-electron chi connectivity index (χ0n) is 13.6. The molecule has 0 bridgehead atoms. The van der Waals surface area contributed by atoms with Gasteiger partial charge in [-0.05, 0) is 31.2 Å². The highest BCUT2D eigenvalue weighted by atomic mass is 35.5. The number of nitrogens with one attached hydrogen (secondary N) is 2. The van der Waals surface area contributed by atoms with Crippen molar-refractivity contribution < 1.29 is 18.3 Å².